The van der Waals surface area contributed by atoms with Gasteiger partial charge in [0.1, 0.15) is 6.07 Å². The van der Waals surface area contributed by atoms with Gasteiger partial charge < -0.3 is 4.90 Å². The summed E-state index contributed by atoms with van der Waals surface area (Å²) in [5.74, 6) is -0.291. The first-order valence-electron chi connectivity index (χ1n) is 8.63. The maximum Gasteiger partial charge on any atom is 0.281 e. The first kappa shape index (κ1) is 17.4. The number of hydrogen-bond acceptors (Lipinski definition) is 4. The van der Waals surface area contributed by atoms with Crippen molar-refractivity contribution in [3.8, 4) is 6.07 Å². The van der Waals surface area contributed by atoms with Gasteiger partial charge in [-0.3, -0.25) is 4.79 Å². The number of anilines is 2. The van der Waals surface area contributed by atoms with Gasteiger partial charge in [0.2, 0.25) is 0 Å². The van der Waals surface area contributed by atoms with E-state index in [1.54, 1.807) is 18.2 Å². The molecule has 1 heterocycles. The summed E-state index contributed by atoms with van der Waals surface area (Å²) in [6.45, 7) is 6.11. The normalized spacial score (nSPS) is 15.1. The number of hydrogen-bond donors (Lipinski definition) is 0. The summed E-state index contributed by atoms with van der Waals surface area (Å²) in [6.07, 6.45) is 1.72. The Bertz CT molecular complexity index is 888. The fourth-order valence-electron chi connectivity index (χ4n) is 2.91. The predicted molar refractivity (Wildman–Crippen MR) is 105 cm³/mol. The van der Waals surface area contributed by atoms with Gasteiger partial charge in [-0.25, -0.2) is 0 Å². The van der Waals surface area contributed by atoms with Crippen molar-refractivity contribution in [1.29, 1.82) is 5.26 Å². The van der Waals surface area contributed by atoms with Gasteiger partial charge in [0, 0.05) is 18.8 Å². The molecule has 1 aliphatic rings. The van der Waals surface area contributed by atoms with Gasteiger partial charge in [-0.05, 0) is 49.8 Å². The van der Waals surface area contributed by atoms with Gasteiger partial charge in [-0.1, -0.05) is 30.3 Å². The number of benzene rings is 2. The molecule has 3 rings (SSSR count). The smallest absolute Gasteiger partial charge is 0.281 e. The van der Waals surface area contributed by atoms with E-state index in [9.17, 15) is 10.1 Å². The van der Waals surface area contributed by atoms with E-state index in [0.29, 0.717) is 11.3 Å². The molecule has 0 aromatic heterocycles. The molecule has 1 aliphatic heterocycles. The summed E-state index contributed by atoms with van der Waals surface area (Å²) in [4.78, 5) is 15.0. The van der Waals surface area contributed by atoms with E-state index in [1.165, 1.54) is 5.01 Å². The molecule has 5 heteroatoms. The van der Waals surface area contributed by atoms with Crippen LogP contribution < -0.4 is 9.91 Å². The van der Waals surface area contributed by atoms with Crippen LogP contribution in [0.2, 0.25) is 0 Å². The molecule has 26 heavy (non-hydrogen) atoms. The van der Waals surface area contributed by atoms with Gasteiger partial charge in [0.25, 0.3) is 5.91 Å². The molecule has 0 saturated carbocycles. The monoisotopic (exact) mass is 344 g/mol. The number of hydrazone groups is 1. The van der Waals surface area contributed by atoms with Crippen LogP contribution in [0.3, 0.4) is 0 Å². The zero-order valence-electron chi connectivity index (χ0n) is 14.9. The third kappa shape index (κ3) is 3.35. The number of nitriles is 1. The topological polar surface area (TPSA) is 59.7 Å². The average molecular weight is 344 g/mol. The number of para-hydroxylation sites is 1. The van der Waals surface area contributed by atoms with Crippen molar-refractivity contribution in [2.24, 2.45) is 5.10 Å². The fraction of sp³-hybridized carbons (Fsp3) is 0.190. The van der Waals surface area contributed by atoms with Crippen LogP contribution in [0.25, 0.3) is 6.08 Å². The van der Waals surface area contributed by atoms with E-state index in [1.807, 2.05) is 48.5 Å². The minimum absolute atomic E-state index is 0.131. The first-order chi connectivity index (χ1) is 12.7. The van der Waals surface area contributed by atoms with Crippen LogP contribution in [0.15, 0.2) is 65.3 Å². The molecular formula is C21H20N4O. The summed E-state index contributed by atoms with van der Waals surface area (Å²) in [6, 6.07) is 19.1. The maximum atomic E-state index is 12.7. The average Bonchev–Trinajstić information content (AvgIpc) is 3.00. The Hall–Kier alpha value is -3.39. The molecule has 5 nitrogen and oxygen atoms in total. The van der Waals surface area contributed by atoms with Crippen molar-refractivity contribution in [1.82, 2.24) is 0 Å². The van der Waals surface area contributed by atoms with Crippen molar-refractivity contribution < 1.29 is 4.79 Å². The molecule has 0 spiro atoms. The van der Waals surface area contributed by atoms with E-state index in [0.717, 1.165) is 24.3 Å². The molecule has 2 aromatic rings. The minimum atomic E-state index is -0.291. The Morgan fingerprint density at radius 3 is 2.31 bits per heavy atom. The molecule has 0 saturated heterocycles. The largest absolute Gasteiger partial charge is 0.372 e. The highest BCUT2D eigenvalue weighted by atomic mass is 16.2. The molecular weight excluding hydrogens is 324 g/mol. The van der Waals surface area contributed by atoms with Gasteiger partial charge in [-0.15, -0.1) is 0 Å². The molecule has 0 bridgehead atoms. The molecule has 0 N–H and O–H groups in total. The van der Waals surface area contributed by atoms with Crippen molar-refractivity contribution in [2.75, 3.05) is 23.0 Å². The summed E-state index contributed by atoms with van der Waals surface area (Å²) in [5, 5.41) is 14.8. The van der Waals surface area contributed by atoms with Crippen LogP contribution in [-0.2, 0) is 4.79 Å². The molecule has 2 aromatic carbocycles. The molecule has 0 radical (unpaired) electrons. The zero-order valence-corrected chi connectivity index (χ0v) is 14.9. The predicted octanol–water partition coefficient (Wildman–Crippen LogP) is 3.84. The summed E-state index contributed by atoms with van der Waals surface area (Å²) >= 11 is 0. The quantitative estimate of drug-likeness (QED) is 0.774. The Balaban J connectivity index is 1.90. The van der Waals surface area contributed by atoms with Crippen LogP contribution in [0.1, 0.15) is 19.4 Å². The van der Waals surface area contributed by atoms with Crippen LogP contribution in [0.5, 0.6) is 0 Å². The highest BCUT2D eigenvalue weighted by Crippen LogP contribution is 2.25. The second kappa shape index (κ2) is 7.66. The van der Waals surface area contributed by atoms with Crippen LogP contribution in [-0.4, -0.2) is 24.7 Å². The minimum Gasteiger partial charge on any atom is -0.372 e. The van der Waals surface area contributed by atoms with Gasteiger partial charge >= 0.3 is 0 Å². The highest BCUT2D eigenvalue weighted by Gasteiger charge is 2.31. The van der Waals surface area contributed by atoms with Crippen molar-refractivity contribution >= 4 is 29.1 Å². The lowest BCUT2D eigenvalue weighted by atomic mass is 10.1. The number of rotatable bonds is 5. The lowest BCUT2D eigenvalue weighted by Gasteiger charge is -2.20. The van der Waals surface area contributed by atoms with E-state index < -0.39 is 0 Å². The first-order valence-corrected chi connectivity index (χ1v) is 8.63. The molecule has 1 amide bonds. The Kier molecular flexibility index (Phi) is 5.14. The second-order valence-corrected chi connectivity index (χ2v) is 5.83. The van der Waals surface area contributed by atoms with Crippen LogP contribution in [0, 0.1) is 11.3 Å². The lowest BCUT2D eigenvalue weighted by molar-refractivity contribution is -0.114. The zero-order chi connectivity index (χ0) is 18.5. The number of amides is 1. The molecule has 0 aliphatic carbocycles. The standard InChI is InChI=1S/C21H20N4O/c1-3-24(4-2)17-12-10-16(11-13-17)14-19-20(15-22)23-25(21(19)26)18-8-6-5-7-9-18/h5-14H,3-4H2,1-2H3/b19-14-. The van der Waals surface area contributed by atoms with Crippen LogP contribution >= 0.6 is 0 Å². The summed E-state index contributed by atoms with van der Waals surface area (Å²) < 4.78 is 0. The Morgan fingerprint density at radius 2 is 1.73 bits per heavy atom. The van der Waals surface area contributed by atoms with Gasteiger partial charge in [-0.2, -0.15) is 15.4 Å². The molecule has 0 fully saturated rings. The Morgan fingerprint density at radius 1 is 1.08 bits per heavy atom. The highest BCUT2D eigenvalue weighted by molar-refractivity contribution is 6.37. The molecule has 0 unspecified atom stereocenters. The maximum absolute atomic E-state index is 12.7. The molecule has 130 valence electrons. The van der Waals surface area contributed by atoms with Crippen molar-refractivity contribution in [3.63, 3.8) is 0 Å². The van der Waals surface area contributed by atoms with E-state index >= 15 is 0 Å². The lowest BCUT2D eigenvalue weighted by Crippen LogP contribution is -2.21. The fourth-order valence-corrected chi connectivity index (χ4v) is 2.91. The number of carbonyl (C=O) groups excluding carboxylic acids is 1. The van der Waals surface area contributed by atoms with E-state index in [2.05, 4.69) is 23.8 Å². The number of carbonyl (C=O) groups is 1. The Labute approximate surface area is 153 Å². The van der Waals surface area contributed by atoms with Gasteiger partial charge in [0.15, 0.2) is 5.71 Å². The molecule has 0 atom stereocenters. The number of nitrogens with zero attached hydrogens (tertiary/aromatic N) is 4. The third-order valence-corrected chi connectivity index (χ3v) is 4.32. The third-order valence-electron chi connectivity index (χ3n) is 4.32. The van der Waals surface area contributed by atoms with E-state index in [4.69, 9.17) is 0 Å². The SMILES string of the molecule is CCN(CC)c1ccc(/C=C2\C(=O)N(c3ccccc3)N=C2C#N)cc1. The summed E-state index contributed by atoms with van der Waals surface area (Å²) in [5.41, 5.74) is 3.08. The van der Waals surface area contributed by atoms with Gasteiger partial charge in [0.05, 0.1) is 11.3 Å². The second-order valence-electron chi connectivity index (χ2n) is 5.83. The van der Waals surface area contributed by atoms with Crippen LogP contribution in [0.4, 0.5) is 11.4 Å². The van der Waals surface area contributed by atoms with Crippen molar-refractivity contribution in [3.05, 3.63) is 65.7 Å². The summed E-state index contributed by atoms with van der Waals surface area (Å²) in [7, 11) is 0. The van der Waals surface area contributed by atoms with E-state index in [-0.39, 0.29) is 11.6 Å². The van der Waals surface area contributed by atoms with Crippen molar-refractivity contribution in [2.45, 2.75) is 13.8 Å².